The van der Waals surface area contributed by atoms with Crippen LogP contribution in [0.25, 0.3) is 0 Å². The maximum atomic E-state index is 5.38. The van der Waals surface area contributed by atoms with Crippen LogP contribution in [0.2, 0.25) is 0 Å². The molecule has 1 saturated carbocycles. The fourth-order valence-corrected chi connectivity index (χ4v) is 1.59. The van der Waals surface area contributed by atoms with E-state index in [0.29, 0.717) is 11.5 Å². The fraction of sp³-hybridized carbons (Fsp3) is 0.818. The Labute approximate surface area is 75.8 Å². The minimum absolute atomic E-state index is 0.424. The Bertz CT molecular complexity index is 173. The van der Waals surface area contributed by atoms with Gasteiger partial charge in [-0.1, -0.05) is 11.6 Å². The van der Waals surface area contributed by atoms with Crippen LogP contribution in [0, 0.1) is 5.41 Å². The van der Waals surface area contributed by atoms with Crippen molar-refractivity contribution in [1.82, 2.24) is 0 Å². The molecule has 70 valence electrons. The zero-order chi connectivity index (χ0) is 9.19. The first kappa shape index (κ1) is 9.79. The van der Waals surface area contributed by atoms with Gasteiger partial charge in [-0.3, -0.25) is 0 Å². The van der Waals surface area contributed by atoms with Crippen LogP contribution >= 0.6 is 0 Å². The van der Waals surface area contributed by atoms with Gasteiger partial charge in [0.1, 0.15) is 0 Å². The lowest BCUT2D eigenvalue weighted by Crippen LogP contribution is -2.19. The van der Waals surface area contributed by atoms with E-state index in [-0.39, 0.29) is 0 Å². The maximum Gasteiger partial charge on any atom is 0.0602 e. The van der Waals surface area contributed by atoms with Crippen LogP contribution in [-0.2, 0) is 4.74 Å². The Balaban J connectivity index is 2.45. The second kappa shape index (κ2) is 3.61. The van der Waals surface area contributed by atoms with Gasteiger partial charge >= 0.3 is 0 Å². The third-order valence-corrected chi connectivity index (χ3v) is 3.02. The number of hydrogen-bond acceptors (Lipinski definition) is 1. The monoisotopic (exact) mass is 168 g/mol. The van der Waals surface area contributed by atoms with Gasteiger partial charge in [-0.2, -0.15) is 0 Å². The lowest BCUT2D eigenvalue weighted by atomic mass is 9.95. The van der Waals surface area contributed by atoms with Gasteiger partial charge < -0.3 is 4.74 Å². The predicted octanol–water partition coefficient (Wildman–Crippen LogP) is 3.16. The number of hydrogen-bond donors (Lipinski definition) is 0. The van der Waals surface area contributed by atoms with Crippen molar-refractivity contribution < 1.29 is 4.74 Å². The van der Waals surface area contributed by atoms with Crippen LogP contribution in [0.15, 0.2) is 11.6 Å². The van der Waals surface area contributed by atoms with Gasteiger partial charge in [-0.25, -0.2) is 0 Å². The normalized spacial score (nSPS) is 21.7. The first-order valence-corrected chi connectivity index (χ1v) is 4.77. The molecule has 1 fully saturated rings. The number of allylic oxidation sites excluding steroid dienone is 2. The van der Waals surface area contributed by atoms with E-state index in [2.05, 4.69) is 26.8 Å². The second-order valence-electron chi connectivity index (χ2n) is 4.23. The molecule has 0 aromatic carbocycles. The van der Waals surface area contributed by atoms with Crippen LogP contribution < -0.4 is 0 Å². The highest BCUT2D eigenvalue weighted by Crippen LogP contribution is 2.53. The summed E-state index contributed by atoms with van der Waals surface area (Å²) >= 11 is 0. The van der Waals surface area contributed by atoms with Gasteiger partial charge in [0.2, 0.25) is 0 Å². The molecule has 0 spiro atoms. The molecule has 0 N–H and O–H groups in total. The molecule has 0 unspecified atom stereocenters. The summed E-state index contributed by atoms with van der Waals surface area (Å²) in [5.41, 5.74) is 1.91. The van der Waals surface area contributed by atoms with Gasteiger partial charge in [-0.05, 0) is 45.4 Å². The van der Waals surface area contributed by atoms with Crippen molar-refractivity contribution in [2.75, 3.05) is 7.11 Å². The molecule has 1 nitrogen and oxygen atoms in total. The van der Waals surface area contributed by atoms with Crippen LogP contribution in [0.4, 0.5) is 0 Å². The average Bonchev–Trinajstić information content (AvgIpc) is 2.80. The average molecular weight is 168 g/mol. The molecule has 1 rings (SSSR count). The van der Waals surface area contributed by atoms with Crippen LogP contribution in [0.3, 0.4) is 0 Å². The highest BCUT2D eigenvalue weighted by atomic mass is 16.5. The first-order chi connectivity index (χ1) is 5.60. The molecule has 0 bridgehead atoms. The summed E-state index contributed by atoms with van der Waals surface area (Å²) in [6.45, 7) is 6.51. The number of ether oxygens (including phenoxy) is 1. The van der Waals surface area contributed by atoms with E-state index < -0.39 is 0 Å². The van der Waals surface area contributed by atoms with E-state index in [0.717, 1.165) is 0 Å². The van der Waals surface area contributed by atoms with Crippen molar-refractivity contribution >= 4 is 0 Å². The molecular weight excluding hydrogens is 148 g/mol. The van der Waals surface area contributed by atoms with Crippen molar-refractivity contribution in [3.8, 4) is 0 Å². The largest absolute Gasteiger partial charge is 0.381 e. The third kappa shape index (κ3) is 2.10. The van der Waals surface area contributed by atoms with Crippen LogP contribution in [0.1, 0.15) is 40.0 Å². The smallest absolute Gasteiger partial charge is 0.0602 e. The van der Waals surface area contributed by atoms with E-state index in [1.807, 2.05) is 7.11 Å². The van der Waals surface area contributed by atoms with E-state index in [9.17, 15) is 0 Å². The molecule has 1 aliphatic carbocycles. The van der Waals surface area contributed by atoms with Crippen LogP contribution in [-0.4, -0.2) is 13.2 Å². The summed E-state index contributed by atoms with van der Waals surface area (Å²) in [5, 5.41) is 0. The topological polar surface area (TPSA) is 9.23 Å². The summed E-state index contributed by atoms with van der Waals surface area (Å²) in [7, 11) is 1.81. The molecular formula is C11H20O. The lowest BCUT2D eigenvalue weighted by molar-refractivity contribution is 0.0558. The Kier molecular flexibility index (Phi) is 2.94. The predicted molar refractivity (Wildman–Crippen MR) is 52.2 cm³/mol. The Morgan fingerprint density at radius 3 is 2.42 bits per heavy atom. The Hall–Kier alpha value is -0.300. The maximum absolute atomic E-state index is 5.38. The van der Waals surface area contributed by atoms with Gasteiger partial charge in [-0.15, -0.1) is 0 Å². The highest BCUT2D eigenvalue weighted by Gasteiger charge is 2.46. The van der Waals surface area contributed by atoms with Gasteiger partial charge in [0.15, 0.2) is 0 Å². The summed E-state index contributed by atoms with van der Waals surface area (Å²) in [5.74, 6) is 0. The molecule has 1 aliphatic rings. The zero-order valence-electron chi connectivity index (χ0n) is 8.68. The van der Waals surface area contributed by atoms with Crippen molar-refractivity contribution in [3.63, 3.8) is 0 Å². The first-order valence-electron chi connectivity index (χ1n) is 4.77. The quantitative estimate of drug-likeness (QED) is 0.586. The summed E-state index contributed by atoms with van der Waals surface area (Å²) in [4.78, 5) is 0. The SMILES string of the molecule is CO[C@H](C)C1(CC=C(C)C)CC1. The highest BCUT2D eigenvalue weighted by molar-refractivity contribution is 5.06. The van der Waals surface area contributed by atoms with E-state index in [4.69, 9.17) is 4.74 Å². The third-order valence-electron chi connectivity index (χ3n) is 3.02. The van der Waals surface area contributed by atoms with Gasteiger partial charge in [0.25, 0.3) is 0 Å². The van der Waals surface area contributed by atoms with E-state index in [1.54, 1.807) is 0 Å². The number of rotatable bonds is 4. The van der Waals surface area contributed by atoms with E-state index >= 15 is 0 Å². The second-order valence-corrected chi connectivity index (χ2v) is 4.23. The molecule has 0 amide bonds. The minimum Gasteiger partial charge on any atom is -0.381 e. The van der Waals surface area contributed by atoms with Gasteiger partial charge in [0, 0.05) is 7.11 Å². The van der Waals surface area contributed by atoms with Crippen molar-refractivity contribution in [3.05, 3.63) is 11.6 Å². The minimum atomic E-state index is 0.424. The number of methoxy groups -OCH3 is 1. The van der Waals surface area contributed by atoms with Crippen LogP contribution in [0.5, 0.6) is 0 Å². The van der Waals surface area contributed by atoms with Crippen molar-refractivity contribution in [2.45, 2.75) is 46.1 Å². The molecule has 0 radical (unpaired) electrons. The molecule has 0 aromatic heterocycles. The van der Waals surface area contributed by atoms with Crippen molar-refractivity contribution in [1.29, 1.82) is 0 Å². The van der Waals surface area contributed by atoms with Gasteiger partial charge in [0.05, 0.1) is 6.10 Å². The lowest BCUT2D eigenvalue weighted by Gasteiger charge is -2.20. The van der Waals surface area contributed by atoms with Crippen molar-refractivity contribution in [2.24, 2.45) is 5.41 Å². The zero-order valence-corrected chi connectivity index (χ0v) is 8.68. The molecule has 0 aromatic rings. The molecule has 0 aliphatic heterocycles. The molecule has 0 saturated heterocycles. The molecule has 1 heteroatoms. The Morgan fingerprint density at radius 1 is 1.50 bits per heavy atom. The van der Waals surface area contributed by atoms with E-state index in [1.165, 1.54) is 24.8 Å². The molecule has 1 atom stereocenters. The Morgan fingerprint density at radius 2 is 2.08 bits per heavy atom. The molecule has 0 heterocycles. The molecule has 12 heavy (non-hydrogen) atoms. The summed E-state index contributed by atoms with van der Waals surface area (Å²) < 4.78 is 5.38. The summed E-state index contributed by atoms with van der Waals surface area (Å²) in [6.07, 6.45) is 6.64. The standard InChI is InChI=1S/C11H20O/c1-9(2)5-6-11(7-8-11)10(3)12-4/h5,10H,6-8H2,1-4H3/t10-/m1/s1. The fourth-order valence-electron chi connectivity index (χ4n) is 1.59. The summed E-state index contributed by atoms with van der Waals surface area (Å²) in [6, 6.07) is 0.